The second-order valence-electron chi connectivity index (χ2n) is 4.00. The first kappa shape index (κ1) is 12.2. The summed E-state index contributed by atoms with van der Waals surface area (Å²) >= 11 is 1.77. The van der Waals surface area contributed by atoms with E-state index in [0.29, 0.717) is 0 Å². The van der Waals surface area contributed by atoms with Gasteiger partial charge < -0.3 is 4.84 Å². The first-order valence-electron chi connectivity index (χ1n) is 5.78. The predicted octanol–water partition coefficient (Wildman–Crippen LogP) is 3.98. The highest BCUT2D eigenvalue weighted by atomic mass is 32.2. The number of hydrogen-bond acceptors (Lipinski definition) is 3. The lowest BCUT2D eigenvalue weighted by atomic mass is 10.0. The number of hydrogen-bond donors (Lipinski definition) is 0. The molecule has 0 radical (unpaired) electrons. The fourth-order valence-corrected chi connectivity index (χ4v) is 2.56. The molecule has 1 aliphatic carbocycles. The van der Waals surface area contributed by atoms with Crippen molar-refractivity contribution in [3.63, 3.8) is 0 Å². The van der Waals surface area contributed by atoms with Crippen molar-refractivity contribution < 1.29 is 4.84 Å². The average molecular weight is 247 g/mol. The van der Waals surface area contributed by atoms with Gasteiger partial charge in [-0.1, -0.05) is 17.3 Å². The molecule has 1 aromatic rings. The number of nitrogens with zero attached hydrogens (tertiary/aromatic N) is 1. The summed E-state index contributed by atoms with van der Waals surface area (Å²) < 4.78 is 0. The van der Waals surface area contributed by atoms with Gasteiger partial charge in [0.2, 0.25) is 0 Å². The zero-order valence-electron chi connectivity index (χ0n) is 10.3. The van der Waals surface area contributed by atoms with E-state index in [1.54, 1.807) is 18.9 Å². The standard InChI is InChI=1S/C14H17NOS/c1-16-15-10-12-4-3-5-14(12)11-6-8-13(17-2)9-7-11/h6-10H,3-5H2,1-2H3/b15-10+. The van der Waals surface area contributed by atoms with Crippen molar-refractivity contribution in [2.24, 2.45) is 5.16 Å². The molecule has 2 nitrogen and oxygen atoms in total. The van der Waals surface area contributed by atoms with Crippen molar-refractivity contribution in [3.8, 4) is 0 Å². The molecule has 17 heavy (non-hydrogen) atoms. The van der Waals surface area contributed by atoms with Gasteiger partial charge >= 0.3 is 0 Å². The fraction of sp³-hybridized carbons (Fsp3) is 0.357. The normalized spacial score (nSPS) is 15.9. The summed E-state index contributed by atoms with van der Waals surface area (Å²) in [5.74, 6) is 0. The van der Waals surface area contributed by atoms with Gasteiger partial charge in [0.05, 0.1) is 6.21 Å². The van der Waals surface area contributed by atoms with Crippen LogP contribution in [0.15, 0.2) is 39.9 Å². The van der Waals surface area contributed by atoms with Crippen molar-refractivity contribution in [1.29, 1.82) is 0 Å². The van der Waals surface area contributed by atoms with Crippen LogP contribution in [0.25, 0.3) is 5.57 Å². The molecule has 0 aliphatic heterocycles. The molecule has 1 aromatic carbocycles. The highest BCUT2D eigenvalue weighted by molar-refractivity contribution is 7.98. The van der Waals surface area contributed by atoms with Gasteiger partial charge in [-0.25, -0.2) is 0 Å². The summed E-state index contributed by atoms with van der Waals surface area (Å²) in [5, 5.41) is 3.88. The van der Waals surface area contributed by atoms with Crippen LogP contribution in [-0.2, 0) is 4.84 Å². The van der Waals surface area contributed by atoms with E-state index < -0.39 is 0 Å². The second kappa shape index (κ2) is 5.92. The molecule has 90 valence electrons. The van der Waals surface area contributed by atoms with Gasteiger partial charge in [-0.2, -0.15) is 0 Å². The van der Waals surface area contributed by atoms with Crippen LogP contribution < -0.4 is 0 Å². The highest BCUT2D eigenvalue weighted by Crippen LogP contribution is 2.33. The topological polar surface area (TPSA) is 21.6 Å². The Bertz CT molecular complexity index is 434. The molecule has 0 saturated heterocycles. The maximum Gasteiger partial charge on any atom is 0.106 e. The Morgan fingerprint density at radius 2 is 2.00 bits per heavy atom. The Morgan fingerprint density at radius 3 is 2.65 bits per heavy atom. The Kier molecular flexibility index (Phi) is 4.26. The molecule has 0 heterocycles. The van der Waals surface area contributed by atoms with E-state index in [2.05, 4.69) is 35.7 Å². The van der Waals surface area contributed by atoms with Crippen molar-refractivity contribution in [3.05, 3.63) is 35.4 Å². The maximum absolute atomic E-state index is 4.76. The van der Waals surface area contributed by atoms with Crippen LogP contribution in [0.2, 0.25) is 0 Å². The minimum Gasteiger partial charge on any atom is -0.399 e. The molecule has 0 aromatic heterocycles. The SMILES string of the molecule is CO/N=C/C1=C(c2ccc(SC)cc2)CCC1. The van der Waals surface area contributed by atoms with Gasteiger partial charge in [-0.15, -0.1) is 11.8 Å². The van der Waals surface area contributed by atoms with E-state index in [1.807, 2.05) is 6.21 Å². The summed E-state index contributed by atoms with van der Waals surface area (Å²) in [5.41, 5.74) is 4.04. The molecule has 3 heteroatoms. The molecule has 0 saturated carbocycles. The lowest BCUT2D eigenvalue weighted by molar-refractivity contribution is 0.215. The minimum atomic E-state index is 1.10. The van der Waals surface area contributed by atoms with E-state index in [-0.39, 0.29) is 0 Å². The van der Waals surface area contributed by atoms with Crippen LogP contribution in [0.4, 0.5) is 0 Å². The first-order chi connectivity index (χ1) is 8.35. The Labute approximate surface area is 107 Å². The first-order valence-corrected chi connectivity index (χ1v) is 7.00. The number of allylic oxidation sites excluding steroid dienone is 2. The van der Waals surface area contributed by atoms with Gasteiger partial charge in [0.15, 0.2) is 0 Å². The van der Waals surface area contributed by atoms with E-state index in [0.717, 1.165) is 12.8 Å². The van der Waals surface area contributed by atoms with Crippen LogP contribution in [0.3, 0.4) is 0 Å². The molecule has 0 fully saturated rings. The van der Waals surface area contributed by atoms with E-state index in [9.17, 15) is 0 Å². The van der Waals surface area contributed by atoms with Crippen LogP contribution in [0.1, 0.15) is 24.8 Å². The Hall–Kier alpha value is -1.22. The molecular formula is C14H17NOS. The van der Waals surface area contributed by atoms with Gasteiger partial charge in [0.1, 0.15) is 7.11 Å². The van der Waals surface area contributed by atoms with Crippen LogP contribution in [0.5, 0.6) is 0 Å². The van der Waals surface area contributed by atoms with Crippen molar-refractivity contribution in [1.82, 2.24) is 0 Å². The van der Waals surface area contributed by atoms with E-state index in [4.69, 9.17) is 4.84 Å². The minimum absolute atomic E-state index is 1.10. The average Bonchev–Trinajstić information content (AvgIpc) is 2.84. The molecule has 0 N–H and O–H groups in total. The predicted molar refractivity (Wildman–Crippen MR) is 74.5 cm³/mol. The van der Waals surface area contributed by atoms with E-state index in [1.165, 1.54) is 28.0 Å². The largest absolute Gasteiger partial charge is 0.399 e. The second-order valence-corrected chi connectivity index (χ2v) is 4.88. The van der Waals surface area contributed by atoms with Gasteiger partial charge in [-0.3, -0.25) is 0 Å². The van der Waals surface area contributed by atoms with Crippen molar-refractivity contribution >= 4 is 23.5 Å². The third kappa shape index (κ3) is 2.91. The molecule has 0 amide bonds. The monoisotopic (exact) mass is 247 g/mol. The third-order valence-electron chi connectivity index (χ3n) is 3.01. The summed E-state index contributed by atoms with van der Waals surface area (Å²) in [4.78, 5) is 6.06. The summed E-state index contributed by atoms with van der Waals surface area (Å²) in [6, 6.07) is 8.76. The zero-order chi connectivity index (χ0) is 12.1. The molecular weight excluding hydrogens is 230 g/mol. The number of rotatable bonds is 4. The summed E-state index contributed by atoms with van der Waals surface area (Å²) in [6.45, 7) is 0. The number of benzene rings is 1. The summed E-state index contributed by atoms with van der Waals surface area (Å²) in [7, 11) is 1.58. The highest BCUT2D eigenvalue weighted by Gasteiger charge is 2.14. The number of oxime groups is 1. The Balaban J connectivity index is 2.27. The van der Waals surface area contributed by atoms with Crippen LogP contribution in [-0.4, -0.2) is 19.6 Å². The molecule has 2 rings (SSSR count). The van der Waals surface area contributed by atoms with Gasteiger partial charge in [0, 0.05) is 4.90 Å². The Morgan fingerprint density at radius 1 is 1.24 bits per heavy atom. The molecule has 0 bridgehead atoms. The lowest BCUT2D eigenvalue weighted by Crippen LogP contribution is -1.87. The van der Waals surface area contributed by atoms with Crippen molar-refractivity contribution in [2.75, 3.05) is 13.4 Å². The number of thioether (sulfide) groups is 1. The maximum atomic E-state index is 4.76. The quantitative estimate of drug-likeness (QED) is 0.456. The van der Waals surface area contributed by atoms with Crippen LogP contribution >= 0.6 is 11.8 Å². The molecule has 0 atom stereocenters. The zero-order valence-corrected chi connectivity index (χ0v) is 11.1. The van der Waals surface area contributed by atoms with Crippen LogP contribution in [0, 0.1) is 0 Å². The molecule has 1 aliphatic rings. The van der Waals surface area contributed by atoms with E-state index >= 15 is 0 Å². The van der Waals surface area contributed by atoms with Gasteiger partial charge in [-0.05, 0) is 54.4 Å². The molecule has 0 unspecified atom stereocenters. The van der Waals surface area contributed by atoms with Crippen molar-refractivity contribution in [2.45, 2.75) is 24.2 Å². The fourth-order valence-electron chi connectivity index (χ4n) is 2.15. The van der Waals surface area contributed by atoms with Gasteiger partial charge in [0.25, 0.3) is 0 Å². The molecule has 0 spiro atoms. The third-order valence-corrected chi connectivity index (χ3v) is 3.76. The smallest absolute Gasteiger partial charge is 0.106 e. The summed E-state index contributed by atoms with van der Waals surface area (Å²) in [6.07, 6.45) is 7.41. The lowest BCUT2D eigenvalue weighted by Gasteiger charge is -2.05.